The molecule has 1 amide bonds. The highest BCUT2D eigenvalue weighted by Gasteiger charge is 2.25. The third-order valence-corrected chi connectivity index (χ3v) is 6.02. The van der Waals surface area contributed by atoms with Crippen LogP contribution in [0.3, 0.4) is 0 Å². The van der Waals surface area contributed by atoms with Crippen molar-refractivity contribution in [2.45, 2.75) is 18.9 Å². The van der Waals surface area contributed by atoms with Gasteiger partial charge in [-0.25, -0.2) is 19.7 Å². The Morgan fingerprint density at radius 3 is 2.56 bits per heavy atom. The molecule has 0 unspecified atom stereocenters. The average Bonchev–Trinajstić information content (AvgIpc) is 2.84. The summed E-state index contributed by atoms with van der Waals surface area (Å²) in [6.45, 7) is 1.38. The number of aromatic amines is 1. The molecule has 0 atom stereocenters. The van der Waals surface area contributed by atoms with Gasteiger partial charge in [0.25, 0.3) is 5.56 Å². The molecule has 34 heavy (non-hydrogen) atoms. The van der Waals surface area contributed by atoms with Crippen molar-refractivity contribution in [3.05, 3.63) is 51.6 Å². The zero-order chi connectivity index (χ0) is 23.8. The van der Waals surface area contributed by atoms with Gasteiger partial charge in [0.1, 0.15) is 5.52 Å². The number of carbonyl (C=O) groups excluding carboxylic acids is 1. The number of nitrogens with two attached hydrogens (primary N) is 1. The molecule has 0 aromatic carbocycles. The summed E-state index contributed by atoms with van der Waals surface area (Å²) in [4.78, 5) is 58.7. The molecule has 12 nitrogen and oxygen atoms in total. The Kier molecular flexibility index (Phi) is 5.49. The number of nitrogens with zero attached hydrogens (tertiary/aromatic N) is 6. The second-order valence-corrected chi connectivity index (χ2v) is 8.15. The van der Waals surface area contributed by atoms with Gasteiger partial charge in [-0.3, -0.25) is 29.0 Å². The van der Waals surface area contributed by atoms with Crippen molar-refractivity contribution >= 4 is 27.8 Å². The first-order chi connectivity index (χ1) is 16.4. The van der Waals surface area contributed by atoms with E-state index < -0.39 is 11.2 Å². The van der Waals surface area contributed by atoms with Crippen LogP contribution in [-0.2, 0) is 4.79 Å². The molecule has 0 radical (unpaired) electrons. The van der Waals surface area contributed by atoms with Gasteiger partial charge in [0, 0.05) is 43.3 Å². The van der Waals surface area contributed by atoms with Gasteiger partial charge in [-0.2, -0.15) is 0 Å². The van der Waals surface area contributed by atoms with Gasteiger partial charge in [0.15, 0.2) is 0 Å². The van der Waals surface area contributed by atoms with Crippen LogP contribution in [0.4, 0.5) is 0 Å². The smallest absolute Gasteiger partial charge is 0.329 e. The van der Waals surface area contributed by atoms with Gasteiger partial charge in [0.2, 0.25) is 5.91 Å². The first kappa shape index (κ1) is 21.6. The molecule has 1 aliphatic rings. The van der Waals surface area contributed by atoms with Crippen molar-refractivity contribution < 1.29 is 9.53 Å². The number of fused-ring (bicyclic) bond motifs is 3. The zero-order valence-corrected chi connectivity index (χ0v) is 18.4. The first-order valence-electron chi connectivity index (χ1n) is 10.8. The number of amides is 1. The van der Waals surface area contributed by atoms with E-state index in [1.165, 1.54) is 13.3 Å². The van der Waals surface area contributed by atoms with Crippen LogP contribution in [0.1, 0.15) is 18.9 Å². The second kappa shape index (κ2) is 8.63. The Morgan fingerprint density at radius 2 is 1.88 bits per heavy atom. The number of hydrogen-bond acceptors (Lipinski definition) is 9. The quantitative estimate of drug-likeness (QED) is 0.395. The van der Waals surface area contributed by atoms with E-state index in [4.69, 9.17) is 15.5 Å². The van der Waals surface area contributed by atoms with E-state index in [-0.39, 0.29) is 29.9 Å². The van der Waals surface area contributed by atoms with E-state index in [0.29, 0.717) is 53.7 Å². The minimum absolute atomic E-state index is 0.176. The maximum absolute atomic E-state index is 13.0. The lowest BCUT2D eigenvalue weighted by molar-refractivity contribution is -0.119. The van der Waals surface area contributed by atoms with E-state index in [1.807, 2.05) is 4.90 Å². The summed E-state index contributed by atoms with van der Waals surface area (Å²) in [6.07, 6.45) is 5.88. The molecule has 0 aliphatic carbocycles. The number of hydrogen-bond donors (Lipinski definition) is 2. The number of primary amides is 1. The largest absolute Gasteiger partial charge is 0.467 e. The molecule has 5 rings (SSSR count). The molecule has 4 aromatic heterocycles. The number of piperidine rings is 1. The molecular weight excluding hydrogens is 440 g/mol. The van der Waals surface area contributed by atoms with E-state index in [9.17, 15) is 14.4 Å². The Balaban J connectivity index is 1.66. The summed E-state index contributed by atoms with van der Waals surface area (Å²) >= 11 is 0. The Hall–Kier alpha value is -4.19. The highest BCUT2D eigenvalue weighted by Crippen LogP contribution is 2.28. The molecule has 3 N–H and O–H groups in total. The normalized spacial score (nSPS) is 15.1. The van der Waals surface area contributed by atoms with Gasteiger partial charge >= 0.3 is 11.7 Å². The molecule has 0 saturated carbocycles. The van der Waals surface area contributed by atoms with Crippen LogP contribution in [-0.4, -0.2) is 67.0 Å². The van der Waals surface area contributed by atoms with Crippen LogP contribution in [0, 0.1) is 0 Å². The van der Waals surface area contributed by atoms with Crippen molar-refractivity contribution in [1.29, 1.82) is 0 Å². The molecular formula is C22H22N8O4. The van der Waals surface area contributed by atoms with Crippen molar-refractivity contribution in [3.8, 4) is 17.3 Å². The molecule has 0 bridgehead atoms. The third kappa shape index (κ3) is 3.88. The summed E-state index contributed by atoms with van der Waals surface area (Å²) < 4.78 is 6.61. The molecule has 4 aromatic rings. The number of methoxy groups -OCH3 is 1. The first-order valence-corrected chi connectivity index (χ1v) is 10.8. The van der Waals surface area contributed by atoms with E-state index in [0.717, 1.165) is 0 Å². The van der Waals surface area contributed by atoms with Crippen molar-refractivity contribution in [1.82, 2.24) is 34.4 Å². The number of ether oxygens (including phenoxy) is 1. The fraction of sp³-hybridized carbons (Fsp3) is 0.318. The van der Waals surface area contributed by atoms with Crippen LogP contribution in [0.2, 0.25) is 0 Å². The fourth-order valence-electron chi connectivity index (χ4n) is 4.41. The average molecular weight is 462 g/mol. The van der Waals surface area contributed by atoms with Crippen LogP contribution in [0.5, 0.6) is 6.01 Å². The Bertz CT molecular complexity index is 1500. The molecule has 0 spiro atoms. The zero-order valence-electron chi connectivity index (χ0n) is 18.4. The van der Waals surface area contributed by atoms with Gasteiger partial charge in [0.05, 0.1) is 35.8 Å². The lowest BCUT2D eigenvalue weighted by Gasteiger charge is -2.32. The number of pyridine rings is 2. The molecule has 1 fully saturated rings. The molecule has 1 saturated heterocycles. The number of likely N-dealkylation sites (tertiary alicyclic amines) is 1. The number of aromatic nitrogens is 6. The summed E-state index contributed by atoms with van der Waals surface area (Å²) in [5, 5.41) is 0.280. The van der Waals surface area contributed by atoms with Crippen molar-refractivity contribution in [3.63, 3.8) is 0 Å². The Labute approximate surface area is 192 Å². The third-order valence-electron chi connectivity index (χ3n) is 6.02. The van der Waals surface area contributed by atoms with Crippen LogP contribution >= 0.6 is 0 Å². The second-order valence-electron chi connectivity index (χ2n) is 8.15. The predicted molar refractivity (Wildman–Crippen MR) is 123 cm³/mol. The summed E-state index contributed by atoms with van der Waals surface area (Å²) in [7, 11) is 1.48. The van der Waals surface area contributed by atoms with Crippen LogP contribution in [0.15, 0.2) is 40.3 Å². The SMILES string of the molecule is COc1ncc(-c2ccc3ncc4c(=O)[nH]c(=O)n(C5CCN(CC(N)=O)CC5)c4c3n2)cn1. The number of rotatable bonds is 5. The predicted octanol–water partition coefficient (Wildman–Crippen LogP) is 0.221. The lowest BCUT2D eigenvalue weighted by Crippen LogP contribution is -2.42. The fourth-order valence-corrected chi connectivity index (χ4v) is 4.41. The lowest BCUT2D eigenvalue weighted by atomic mass is 10.0. The maximum Gasteiger partial charge on any atom is 0.329 e. The molecule has 1 aliphatic heterocycles. The number of H-pyrrole nitrogens is 1. The van der Waals surface area contributed by atoms with Gasteiger partial charge < -0.3 is 10.5 Å². The Morgan fingerprint density at radius 1 is 1.15 bits per heavy atom. The minimum atomic E-state index is -0.517. The maximum atomic E-state index is 13.0. The number of carbonyl (C=O) groups is 1. The van der Waals surface area contributed by atoms with Gasteiger partial charge in [-0.15, -0.1) is 0 Å². The number of nitrogens with one attached hydrogen (secondary N) is 1. The van der Waals surface area contributed by atoms with Gasteiger partial charge in [-0.05, 0) is 25.0 Å². The molecule has 5 heterocycles. The summed E-state index contributed by atoms with van der Waals surface area (Å²) in [5.74, 6) is -0.388. The monoisotopic (exact) mass is 462 g/mol. The van der Waals surface area contributed by atoms with Crippen LogP contribution in [0.25, 0.3) is 33.2 Å². The topological polar surface area (TPSA) is 162 Å². The van der Waals surface area contributed by atoms with Crippen LogP contribution < -0.4 is 21.7 Å². The van der Waals surface area contributed by atoms with Crippen molar-refractivity contribution in [2.24, 2.45) is 5.73 Å². The summed E-state index contributed by atoms with van der Waals surface area (Å²) in [6, 6.07) is 3.62. The molecule has 174 valence electrons. The minimum Gasteiger partial charge on any atom is -0.467 e. The van der Waals surface area contributed by atoms with E-state index in [2.05, 4.69) is 19.9 Å². The molecule has 12 heteroatoms. The highest BCUT2D eigenvalue weighted by molar-refractivity contribution is 6.01. The summed E-state index contributed by atoms with van der Waals surface area (Å²) in [5.41, 5.74) is 6.94. The van der Waals surface area contributed by atoms with E-state index in [1.54, 1.807) is 29.1 Å². The van der Waals surface area contributed by atoms with Gasteiger partial charge in [-0.1, -0.05) is 0 Å². The highest BCUT2D eigenvalue weighted by atomic mass is 16.5. The standard InChI is InChI=1S/C22H22N8O4/c1-34-21-25-8-12(9-26-21)15-2-3-16-18(27-15)19-14(10-24-16)20(32)28-22(33)30(19)13-4-6-29(7-5-13)11-17(23)31/h2-3,8-10,13H,4-7,11H2,1H3,(H2,23,31)(H,28,32,33). The van der Waals surface area contributed by atoms with Crippen molar-refractivity contribution in [2.75, 3.05) is 26.7 Å². The van der Waals surface area contributed by atoms with E-state index >= 15 is 0 Å².